The van der Waals surface area contributed by atoms with Gasteiger partial charge in [0.25, 0.3) is 0 Å². The molecule has 0 amide bonds. The van der Waals surface area contributed by atoms with E-state index in [4.69, 9.17) is 9.47 Å². The Labute approximate surface area is 169 Å². The lowest BCUT2D eigenvalue weighted by molar-refractivity contribution is 0.0189. The fraction of sp³-hybridized carbons (Fsp3) is 0.682. The van der Waals surface area contributed by atoms with Crippen molar-refractivity contribution in [3.63, 3.8) is 0 Å². The molecule has 0 aliphatic carbocycles. The number of hydrogen-bond donors (Lipinski definition) is 1. The van der Waals surface area contributed by atoms with Gasteiger partial charge in [-0.1, -0.05) is 37.3 Å². The Kier molecular flexibility index (Phi) is 8.58. The molecule has 1 N–H and O–H groups in total. The molecule has 0 aromatic heterocycles. The first-order chi connectivity index (χ1) is 13.8. The van der Waals surface area contributed by atoms with Gasteiger partial charge >= 0.3 is 0 Å². The predicted octanol–water partition coefficient (Wildman–Crippen LogP) is 2.53. The first kappa shape index (κ1) is 21.1. The zero-order valence-corrected chi connectivity index (χ0v) is 17.5. The summed E-state index contributed by atoms with van der Waals surface area (Å²) in [6.07, 6.45) is 3.72. The summed E-state index contributed by atoms with van der Waals surface area (Å²) in [5.74, 6) is 0.980. The summed E-state index contributed by atoms with van der Waals surface area (Å²) < 4.78 is 11.3. The van der Waals surface area contributed by atoms with E-state index in [1.165, 1.54) is 5.56 Å². The third kappa shape index (κ3) is 5.93. The molecular weight excluding hydrogens is 352 g/mol. The molecule has 2 fully saturated rings. The largest absolute Gasteiger partial charge is 0.377 e. The maximum absolute atomic E-state index is 5.74. The van der Waals surface area contributed by atoms with E-state index in [2.05, 4.69) is 57.4 Å². The zero-order chi connectivity index (χ0) is 19.6. The van der Waals surface area contributed by atoms with Crippen LogP contribution in [0.1, 0.15) is 37.8 Å². The van der Waals surface area contributed by atoms with Crippen molar-refractivity contribution in [3.8, 4) is 0 Å². The van der Waals surface area contributed by atoms with E-state index in [0.717, 1.165) is 64.6 Å². The highest BCUT2D eigenvalue weighted by Crippen LogP contribution is 2.25. The quantitative estimate of drug-likeness (QED) is 0.421. The van der Waals surface area contributed by atoms with E-state index >= 15 is 0 Å². The third-order valence-electron chi connectivity index (χ3n) is 5.69. The first-order valence-electron chi connectivity index (χ1n) is 10.8. The van der Waals surface area contributed by atoms with Crippen molar-refractivity contribution in [1.29, 1.82) is 0 Å². The first-order valence-corrected chi connectivity index (χ1v) is 10.8. The third-order valence-corrected chi connectivity index (χ3v) is 5.69. The van der Waals surface area contributed by atoms with E-state index < -0.39 is 0 Å². The van der Waals surface area contributed by atoms with Crippen molar-refractivity contribution in [2.75, 3.05) is 59.6 Å². The topological polar surface area (TPSA) is 49.3 Å². The van der Waals surface area contributed by atoms with Gasteiger partial charge in [-0.05, 0) is 24.8 Å². The second-order valence-electron chi connectivity index (χ2n) is 7.54. The van der Waals surface area contributed by atoms with Gasteiger partial charge in [0.05, 0.1) is 19.3 Å². The molecule has 1 aromatic carbocycles. The van der Waals surface area contributed by atoms with Gasteiger partial charge in [-0.15, -0.1) is 0 Å². The number of nitrogens with zero attached hydrogens (tertiary/aromatic N) is 3. The van der Waals surface area contributed by atoms with Crippen molar-refractivity contribution < 1.29 is 9.47 Å². The Morgan fingerprint density at radius 1 is 1.25 bits per heavy atom. The number of benzene rings is 1. The maximum Gasteiger partial charge on any atom is 0.193 e. The van der Waals surface area contributed by atoms with Gasteiger partial charge in [0.15, 0.2) is 5.96 Å². The maximum atomic E-state index is 5.74. The second kappa shape index (κ2) is 11.4. The average Bonchev–Trinajstić information content (AvgIpc) is 3.26. The van der Waals surface area contributed by atoms with E-state index in [0.29, 0.717) is 25.4 Å². The van der Waals surface area contributed by atoms with Gasteiger partial charge < -0.3 is 19.7 Å². The lowest BCUT2D eigenvalue weighted by Crippen LogP contribution is -2.53. The average molecular weight is 389 g/mol. The Balaban J connectivity index is 1.38. The number of nitrogens with one attached hydrogen (secondary N) is 1. The second-order valence-corrected chi connectivity index (χ2v) is 7.54. The lowest BCUT2D eigenvalue weighted by atomic mass is 10.0. The number of guanidine groups is 1. The van der Waals surface area contributed by atoms with Crippen molar-refractivity contribution >= 4 is 5.96 Å². The molecular formula is C22H36N4O2. The number of aliphatic imine (C=N–C) groups is 1. The molecule has 2 aliphatic rings. The van der Waals surface area contributed by atoms with E-state index in [1.54, 1.807) is 0 Å². The molecule has 2 atom stereocenters. The van der Waals surface area contributed by atoms with Crippen LogP contribution in [-0.2, 0) is 9.47 Å². The van der Waals surface area contributed by atoms with Crippen LogP contribution in [0.15, 0.2) is 35.3 Å². The molecule has 6 heteroatoms. The smallest absolute Gasteiger partial charge is 0.193 e. The van der Waals surface area contributed by atoms with E-state index in [9.17, 15) is 0 Å². The fourth-order valence-electron chi connectivity index (χ4n) is 4.18. The van der Waals surface area contributed by atoms with Gasteiger partial charge in [-0.2, -0.15) is 0 Å². The highest BCUT2D eigenvalue weighted by Gasteiger charge is 2.25. The standard InChI is InChI=1S/C22H36N4O2/c1-3-21(19-8-5-4-6-9-19)25-12-14-26(15-13-25)22(23-2)24-11-17-27-18-20-10-7-16-28-20/h4-6,8-9,20-21H,3,7,10-18H2,1-2H3,(H,23,24). The number of ether oxygens (including phenoxy) is 2. The van der Waals surface area contributed by atoms with Crippen LogP contribution in [0.3, 0.4) is 0 Å². The molecule has 28 heavy (non-hydrogen) atoms. The Morgan fingerprint density at radius 2 is 2.04 bits per heavy atom. The fourth-order valence-corrected chi connectivity index (χ4v) is 4.18. The Morgan fingerprint density at radius 3 is 2.68 bits per heavy atom. The molecule has 0 saturated carbocycles. The number of hydrogen-bond acceptors (Lipinski definition) is 4. The minimum Gasteiger partial charge on any atom is -0.377 e. The van der Waals surface area contributed by atoms with Gasteiger partial charge in [-0.25, -0.2) is 0 Å². The molecule has 2 aliphatic heterocycles. The van der Waals surface area contributed by atoms with Crippen LogP contribution in [0.4, 0.5) is 0 Å². The highest BCUT2D eigenvalue weighted by molar-refractivity contribution is 5.80. The molecule has 0 spiro atoms. The van der Waals surface area contributed by atoms with Crippen LogP contribution in [0.5, 0.6) is 0 Å². The van der Waals surface area contributed by atoms with Crippen LogP contribution in [-0.4, -0.2) is 81.5 Å². The van der Waals surface area contributed by atoms with Crippen LogP contribution in [0.25, 0.3) is 0 Å². The molecule has 2 unspecified atom stereocenters. The van der Waals surface area contributed by atoms with Crippen LogP contribution in [0.2, 0.25) is 0 Å². The van der Waals surface area contributed by atoms with Gasteiger partial charge in [0, 0.05) is 52.4 Å². The van der Waals surface area contributed by atoms with Crippen LogP contribution >= 0.6 is 0 Å². The van der Waals surface area contributed by atoms with Crippen molar-refractivity contribution in [1.82, 2.24) is 15.1 Å². The van der Waals surface area contributed by atoms with Gasteiger partial charge in [-0.3, -0.25) is 9.89 Å². The van der Waals surface area contributed by atoms with Crippen LogP contribution in [0, 0.1) is 0 Å². The molecule has 0 bridgehead atoms. The molecule has 2 saturated heterocycles. The normalized spacial score (nSPS) is 22.4. The summed E-state index contributed by atoms with van der Waals surface area (Å²) >= 11 is 0. The van der Waals surface area contributed by atoms with E-state index in [-0.39, 0.29) is 0 Å². The van der Waals surface area contributed by atoms with Crippen LogP contribution < -0.4 is 5.32 Å². The molecule has 6 nitrogen and oxygen atoms in total. The van der Waals surface area contributed by atoms with E-state index in [1.807, 2.05) is 7.05 Å². The Bertz CT molecular complexity index is 581. The Hall–Kier alpha value is -1.63. The summed E-state index contributed by atoms with van der Waals surface area (Å²) in [6.45, 7) is 9.45. The predicted molar refractivity (Wildman–Crippen MR) is 114 cm³/mol. The molecule has 156 valence electrons. The molecule has 2 heterocycles. The summed E-state index contributed by atoms with van der Waals surface area (Å²) in [6, 6.07) is 11.4. The number of rotatable bonds is 8. The minimum atomic E-state index is 0.295. The van der Waals surface area contributed by atoms with Crippen molar-refractivity contribution in [2.45, 2.75) is 38.3 Å². The minimum absolute atomic E-state index is 0.295. The lowest BCUT2D eigenvalue weighted by Gasteiger charge is -2.40. The SMILES string of the molecule is CCC(c1ccccc1)N1CCN(C(=NC)NCCOCC2CCCO2)CC1. The summed E-state index contributed by atoms with van der Waals surface area (Å²) in [7, 11) is 1.86. The number of piperazine rings is 1. The summed E-state index contributed by atoms with van der Waals surface area (Å²) in [5, 5.41) is 3.45. The zero-order valence-electron chi connectivity index (χ0n) is 17.5. The summed E-state index contributed by atoms with van der Waals surface area (Å²) in [5.41, 5.74) is 1.42. The monoisotopic (exact) mass is 388 g/mol. The molecule has 3 rings (SSSR count). The highest BCUT2D eigenvalue weighted by atomic mass is 16.5. The van der Waals surface area contributed by atoms with Crippen molar-refractivity contribution in [3.05, 3.63) is 35.9 Å². The van der Waals surface area contributed by atoms with Crippen molar-refractivity contribution in [2.24, 2.45) is 4.99 Å². The van der Waals surface area contributed by atoms with Gasteiger partial charge in [0.2, 0.25) is 0 Å². The van der Waals surface area contributed by atoms with Gasteiger partial charge in [0.1, 0.15) is 0 Å². The molecule has 0 radical (unpaired) electrons. The summed E-state index contributed by atoms with van der Waals surface area (Å²) in [4.78, 5) is 9.42. The molecule has 1 aromatic rings.